The van der Waals surface area contributed by atoms with Gasteiger partial charge in [0.25, 0.3) is 0 Å². The molecule has 0 heterocycles. The molecule has 0 amide bonds. The molecule has 2 heteroatoms. The molecule has 11 heavy (non-hydrogen) atoms. The van der Waals surface area contributed by atoms with Crippen molar-refractivity contribution < 1.29 is 5.11 Å². The van der Waals surface area contributed by atoms with Gasteiger partial charge in [0.05, 0.1) is 6.26 Å². The second-order valence-corrected chi connectivity index (χ2v) is 1.76. The van der Waals surface area contributed by atoms with E-state index in [1.54, 1.807) is 12.2 Å². The number of nitrogens with one attached hydrogen (secondary N) is 1. The summed E-state index contributed by atoms with van der Waals surface area (Å²) < 4.78 is 0. The van der Waals surface area contributed by atoms with Crippen LogP contribution in [0.4, 0.5) is 0 Å². The van der Waals surface area contributed by atoms with Crippen LogP contribution >= 0.6 is 0 Å². The van der Waals surface area contributed by atoms with Crippen LogP contribution in [-0.4, -0.2) is 12.2 Å². The van der Waals surface area contributed by atoms with Crippen molar-refractivity contribution >= 4 is 0 Å². The molecule has 0 aromatic rings. The molecule has 0 spiro atoms. The maximum atomic E-state index is 8.23. The van der Waals surface area contributed by atoms with Crippen molar-refractivity contribution in [3.63, 3.8) is 0 Å². The van der Waals surface area contributed by atoms with E-state index in [0.29, 0.717) is 0 Å². The lowest BCUT2D eigenvalue weighted by Gasteiger charge is -1.78. The second-order valence-electron chi connectivity index (χ2n) is 1.76. The van der Waals surface area contributed by atoms with Gasteiger partial charge in [0.2, 0.25) is 0 Å². The van der Waals surface area contributed by atoms with Gasteiger partial charge in [-0.1, -0.05) is 24.3 Å². The normalized spacial score (nSPS) is 12.8. The zero-order valence-electron chi connectivity index (χ0n) is 6.57. The van der Waals surface area contributed by atoms with Crippen LogP contribution < -0.4 is 5.32 Å². The summed E-state index contributed by atoms with van der Waals surface area (Å²) in [6.45, 7) is 0. The Kier molecular flexibility index (Phi) is 7.44. The lowest BCUT2D eigenvalue weighted by atomic mass is 10.4. The first-order chi connectivity index (χ1) is 5.41. The van der Waals surface area contributed by atoms with Gasteiger partial charge in [-0.25, -0.2) is 0 Å². The highest BCUT2D eigenvalue weighted by molar-refractivity contribution is 5.14. The fourth-order valence-electron chi connectivity index (χ4n) is 0.458. The highest BCUT2D eigenvalue weighted by atomic mass is 16.2. The first-order valence-corrected chi connectivity index (χ1v) is 3.38. The average Bonchev–Trinajstić information content (AvgIpc) is 2.03. The summed E-state index contributed by atoms with van der Waals surface area (Å²) in [7, 11) is 1.84. The highest BCUT2D eigenvalue weighted by Gasteiger charge is 1.61. The van der Waals surface area contributed by atoms with Crippen LogP contribution in [0.1, 0.15) is 0 Å². The third-order valence-electron chi connectivity index (χ3n) is 0.905. The van der Waals surface area contributed by atoms with E-state index in [1.165, 1.54) is 0 Å². The van der Waals surface area contributed by atoms with E-state index in [4.69, 9.17) is 5.11 Å². The Labute approximate surface area is 67.2 Å². The third-order valence-corrected chi connectivity index (χ3v) is 0.905. The topological polar surface area (TPSA) is 32.3 Å². The number of aliphatic hydroxyl groups excluding tert-OH is 1. The molecule has 0 rings (SSSR count). The summed E-state index contributed by atoms with van der Waals surface area (Å²) >= 11 is 0. The SMILES string of the molecule is CN/C=C\C=CC=C/C=C\O. The maximum Gasteiger partial charge on any atom is 0.0791 e. The minimum Gasteiger partial charge on any atom is -0.516 e. The molecule has 0 unspecified atom stereocenters. The minimum atomic E-state index is 0.994. The van der Waals surface area contributed by atoms with Gasteiger partial charge in [-0.15, -0.1) is 0 Å². The quantitative estimate of drug-likeness (QED) is 0.475. The van der Waals surface area contributed by atoms with Gasteiger partial charge < -0.3 is 10.4 Å². The molecule has 0 saturated carbocycles. The third kappa shape index (κ3) is 8.56. The van der Waals surface area contributed by atoms with Crippen molar-refractivity contribution in [1.29, 1.82) is 0 Å². The van der Waals surface area contributed by atoms with Crippen molar-refractivity contribution in [3.05, 3.63) is 48.9 Å². The fraction of sp³-hybridized carbons (Fsp3) is 0.111. The van der Waals surface area contributed by atoms with E-state index in [2.05, 4.69) is 5.32 Å². The molecule has 0 aliphatic carbocycles. The Bertz CT molecular complexity index is 178. The smallest absolute Gasteiger partial charge is 0.0791 e. The minimum absolute atomic E-state index is 0.994. The molecule has 0 saturated heterocycles. The van der Waals surface area contributed by atoms with E-state index < -0.39 is 0 Å². The Morgan fingerprint density at radius 1 is 0.909 bits per heavy atom. The average molecular weight is 151 g/mol. The maximum absolute atomic E-state index is 8.23. The standard InChI is InChI=1S/C9H13NO/c1-10-8-6-4-2-3-5-7-9-11/h2-11H,1H3/b4-2?,5-3?,8-6-,9-7-. The van der Waals surface area contributed by atoms with Gasteiger partial charge in [0, 0.05) is 7.05 Å². The van der Waals surface area contributed by atoms with Crippen LogP contribution in [0.5, 0.6) is 0 Å². The van der Waals surface area contributed by atoms with Gasteiger partial charge in [0.15, 0.2) is 0 Å². The van der Waals surface area contributed by atoms with Crippen LogP contribution in [0.2, 0.25) is 0 Å². The van der Waals surface area contributed by atoms with E-state index in [9.17, 15) is 0 Å². The van der Waals surface area contributed by atoms with Crippen LogP contribution in [0.15, 0.2) is 48.9 Å². The molecule has 0 aromatic heterocycles. The molecule has 0 aliphatic rings. The molecule has 0 atom stereocenters. The lowest BCUT2D eigenvalue weighted by Crippen LogP contribution is -1.89. The van der Waals surface area contributed by atoms with Crippen LogP contribution in [0, 0.1) is 0 Å². The largest absolute Gasteiger partial charge is 0.516 e. The van der Waals surface area contributed by atoms with Crippen molar-refractivity contribution in [1.82, 2.24) is 5.32 Å². The van der Waals surface area contributed by atoms with Gasteiger partial charge in [-0.3, -0.25) is 0 Å². The van der Waals surface area contributed by atoms with Gasteiger partial charge in [0.1, 0.15) is 0 Å². The summed E-state index contributed by atoms with van der Waals surface area (Å²) in [6, 6.07) is 0. The van der Waals surface area contributed by atoms with Crippen LogP contribution in [-0.2, 0) is 0 Å². The van der Waals surface area contributed by atoms with E-state index in [1.807, 2.05) is 37.6 Å². The van der Waals surface area contributed by atoms with Crippen LogP contribution in [0.25, 0.3) is 0 Å². The molecule has 0 radical (unpaired) electrons. The molecular weight excluding hydrogens is 138 g/mol. The molecule has 2 N–H and O–H groups in total. The molecule has 60 valence electrons. The van der Waals surface area contributed by atoms with Gasteiger partial charge in [-0.2, -0.15) is 0 Å². The molecule has 0 bridgehead atoms. The lowest BCUT2D eigenvalue weighted by molar-refractivity contribution is 0.474. The number of hydrogen-bond acceptors (Lipinski definition) is 2. The molecule has 2 nitrogen and oxygen atoms in total. The monoisotopic (exact) mass is 151 g/mol. The fourth-order valence-corrected chi connectivity index (χ4v) is 0.458. The van der Waals surface area contributed by atoms with E-state index >= 15 is 0 Å². The van der Waals surface area contributed by atoms with Crippen molar-refractivity contribution in [3.8, 4) is 0 Å². The molecule has 0 aromatic carbocycles. The first kappa shape index (κ1) is 9.56. The molecule has 0 fully saturated rings. The van der Waals surface area contributed by atoms with Crippen molar-refractivity contribution in [2.45, 2.75) is 0 Å². The predicted molar refractivity (Wildman–Crippen MR) is 48.2 cm³/mol. The molecular formula is C9H13NO. The summed E-state index contributed by atoms with van der Waals surface area (Å²) in [5.41, 5.74) is 0. The zero-order valence-corrected chi connectivity index (χ0v) is 6.57. The Hall–Kier alpha value is -1.44. The van der Waals surface area contributed by atoms with Crippen molar-refractivity contribution in [2.24, 2.45) is 0 Å². The number of aliphatic hydroxyl groups is 1. The summed E-state index contributed by atoms with van der Waals surface area (Å²) in [5.74, 6) is 0. The highest BCUT2D eigenvalue weighted by Crippen LogP contribution is 1.79. The van der Waals surface area contributed by atoms with Crippen molar-refractivity contribution in [2.75, 3.05) is 7.05 Å². The first-order valence-electron chi connectivity index (χ1n) is 3.38. The number of hydrogen-bond donors (Lipinski definition) is 2. The number of allylic oxidation sites excluding steroid dienone is 6. The van der Waals surface area contributed by atoms with E-state index in [0.717, 1.165) is 6.26 Å². The Morgan fingerprint density at radius 2 is 1.45 bits per heavy atom. The van der Waals surface area contributed by atoms with Gasteiger partial charge in [-0.05, 0) is 18.4 Å². The van der Waals surface area contributed by atoms with Crippen LogP contribution in [0.3, 0.4) is 0 Å². The van der Waals surface area contributed by atoms with Gasteiger partial charge >= 0.3 is 0 Å². The van der Waals surface area contributed by atoms with E-state index in [-0.39, 0.29) is 0 Å². The summed E-state index contributed by atoms with van der Waals surface area (Å²) in [5, 5.41) is 11.1. The second kappa shape index (κ2) is 8.56. The predicted octanol–water partition coefficient (Wildman–Crippen LogP) is 1.90. The Morgan fingerprint density at radius 3 is 2.00 bits per heavy atom. The summed E-state index contributed by atoms with van der Waals surface area (Å²) in [4.78, 5) is 0. The molecule has 0 aliphatic heterocycles. The summed E-state index contributed by atoms with van der Waals surface area (Å²) in [6.07, 6.45) is 13.6. The number of rotatable bonds is 4. The Balaban J connectivity index is 3.51. The zero-order chi connectivity index (χ0) is 8.36.